The molecule has 0 unspecified atom stereocenters. The third-order valence-corrected chi connectivity index (χ3v) is 4.28. The summed E-state index contributed by atoms with van der Waals surface area (Å²) in [7, 11) is 0.114. The van der Waals surface area contributed by atoms with Gasteiger partial charge in [0.2, 0.25) is 0 Å². The van der Waals surface area contributed by atoms with Gasteiger partial charge in [-0.25, -0.2) is 0 Å². The fourth-order valence-corrected chi connectivity index (χ4v) is 3.14. The van der Waals surface area contributed by atoms with Crippen molar-refractivity contribution >= 4 is 8.09 Å². The van der Waals surface area contributed by atoms with E-state index < -0.39 is 8.09 Å². The minimum atomic E-state index is -2.82. The lowest BCUT2D eigenvalue weighted by molar-refractivity contribution is 0.139. The molecule has 0 rings (SSSR count). The van der Waals surface area contributed by atoms with Gasteiger partial charge in [-0.2, -0.15) is 13.9 Å². The quantitative estimate of drug-likeness (QED) is 0.705. The maximum atomic E-state index is 10.0. The Morgan fingerprint density at radius 2 is 1.31 bits per heavy atom. The highest BCUT2D eigenvalue weighted by atomic mass is 31.2. The van der Waals surface area contributed by atoms with E-state index in [0.29, 0.717) is 0 Å². The molecule has 0 fully saturated rings. The topological polar surface area (TPSA) is 41.9 Å². The molecule has 0 saturated heterocycles. The van der Waals surface area contributed by atoms with E-state index in [1.54, 1.807) is 0 Å². The molecule has 0 spiro atoms. The van der Waals surface area contributed by atoms with Crippen LogP contribution in [0.4, 0.5) is 0 Å². The van der Waals surface area contributed by atoms with Crippen molar-refractivity contribution in [2.45, 2.75) is 39.8 Å². The summed E-state index contributed by atoms with van der Waals surface area (Å²) < 4.78 is 11.9. The van der Waals surface area contributed by atoms with Gasteiger partial charge in [0.15, 0.2) is 0 Å². The molecule has 5 heteroatoms. The average Bonchev–Trinajstić information content (AvgIpc) is 2.02. The Hall–Kier alpha value is 0.270. The second-order valence-electron chi connectivity index (χ2n) is 3.42. The van der Waals surface area contributed by atoms with Crippen molar-refractivity contribution in [3.05, 3.63) is 0 Å². The van der Waals surface area contributed by atoms with Gasteiger partial charge in [0, 0.05) is 12.1 Å². The highest BCUT2D eigenvalue weighted by Crippen LogP contribution is 2.60. The lowest BCUT2D eigenvalue weighted by Crippen LogP contribution is -2.37. The first kappa shape index (κ1) is 13.3. The Kier molecular flexibility index (Phi) is 5.33. The van der Waals surface area contributed by atoms with E-state index in [2.05, 4.69) is 0 Å². The summed E-state index contributed by atoms with van der Waals surface area (Å²) in [6, 6.07) is 0.386. The maximum absolute atomic E-state index is 10.0. The van der Waals surface area contributed by atoms with Crippen LogP contribution in [0.1, 0.15) is 27.7 Å². The molecule has 0 amide bonds. The Bertz CT molecular complexity index is 140. The SMILES string of the molecule is CO[P+](O)(OC)N(C(C)C)C(C)C. The molecule has 80 valence electrons. The van der Waals surface area contributed by atoms with Crippen LogP contribution in [0, 0.1) is 0 Å². The molecule has 0 aliphatic rings. The molecule has 13 heavy (non-hydrogen) atoms. The van der Waals surface area contributed by atoms with Gasteiger partial charge in [-0.1, -0.05) is 4.67 Å². The molecule has 0 radical (unpaired) electrons. The molecule has 0 atom stereocenters. The van der Waals surface area contributed by atoms with Crippen LogP contribution >= 0.6 is 8.09 Å². The minimum absolute atomic E-state index is 0.193. The highest BCUT2D eigenvalue weighted by Gasteiger charge is 2.50. The van der Waals surface area contributed by atoms with E-state index in [1.165, 1.54) is 14.2 Å². The van der Waals surface area contributed by atoms with Crippen LogP contribution in [0.3, 0.4) is 0 Å². The van der Waals surface area contributed by atoms with Crippen molar-refractivity contribution in [2.24, 2.45) is 0 Å². The summed E-state index contributed by atoms with van der Waals surface area (Å²) in [5, 5.41) is 0. The summed E-state index contributed by atoms with van der Waals surface area (Å²) in [5.74, 6) is 0. The Morgan fingerprint density at radius 3 is 1.38 bits per heavy atom. The minimum Gasteiger partial charge on any atom is -0.177 e. The second kappa shape index (κ2) is 5.23. The predicted octanol–water partition coefficient (Wildman–Crippen LogP) is 2.07. The van der Waals surface area contributed by atoms with Gasteiger partial charge in [0.1, 0.15) is 0 Å². The zero-order valence-corrected chi connectivity index (χ0v) is 10.2. The van der Waals surface area contributed by atoms with E-state index in [-0.39, 0.29) is 12.1 Å². The smallest absolute Gasteiger partial charge is 0.177 e. The molecule has 0 aromatic rings. The Labute approximate surface area is 81.5 Å². The molecule has 0 aromatic heterocycles. The monoisotopic (exact) mass is 210 g/mol. The van der Waals surface area contributed by atoms with Crippen LogP contribution in [-0.2, 0) is 9.05 Å². The summed E-state index contributed by atoms with van der Waals surface area (Å²) in [6.45, 7) is 8.01. The number of rotatable bonds is 5. The van der Waals surface area contributed by atoms with Gasteiger partial charge in [0.05, 0.1) is 14.2 Å². The zero-order valence-electron chi connectivity index (χ0n) is 9.31. The van der Waals surface area contributed by atoms with Gasteiger partial charge in [-0.15, -0.1) is 0 Å². The second-order valence-corrected chi connectivity index (χ2v) is 5.60. The molecule has 0 aliphatic carbocycles. The Balaban J connectivity index is 4.69. The molecule has 0 heterocycles. The van der Waals surface area contributed by atoms with Gasteiger partial charge in [-0.3, -0.25) is 0 Å². The normalized spacial score (nSPS) is 13.4. The summed E-state index contributed by atoms with van der Waals surface area (Å²) in [4.78, 5) is 10.0. The average molecular weight is 210 g/mol. The van der Waals surface area contributed by atoms with Crippen molar-refractivity contribution < 1.29 is 13.9 Å². The number of hydrogen-bond donors (Lipinski definition) is 1. The van der Waals surface area contributed by atoms with Gasteiger partial charge < -0.3 is 0 Å². The van der Waals surface area contributed by atoms with Crippen molar-refractivity contribution in [3.63, 3.8) is 0 Å². The zero-order chi connectivity index (χ0) is 10.6. The predicted molar refractivity (Wildman–Crippen MR) is 55.3 cm³/mol. The first-order valence-electron chi connectivity index (χ1n) is 4.41. The fraction of sp³-hybridized carbons (Fsp3) is 1.00. The fourth-order valence-electron chi connectivity index (χ4n) is 1.44. The van der Waals surface area contributed by atoms with Crippen molar-refractivity contribution in [1.82, 2.24) is 4.67 Å². The van der Waals surface area contributed by atoms with Gasteiger partial charge >= 0.3 is 8.09 Å². The van der Waals surface area contributed by atoms with Crippen LogP contribution in [0.15, 0.2) is 0 Å². The Morgan fingerprint density at radius 1 is 1.00 bits per heavy atom. The van der Waals surface area contributed by atoms with Crippen LogP contribution in [0.5, 0.6) is 0 Å². The molecule has 4 nitrogen and oxygen atoms in total. The standard InChI is InChI=1S/C8H21NO3P/c1-7(2)9(8(3)4)13(10,11-5)12-6/h7-8,10H,1-6H3/q+1. The van der Waals surface area contributed by atoms with Crippen LogP contribution in [0.2, 0.25) is 0 Å². The molecular weight excluding hydrogens is 189 g/mol. The van der Waals surface area contributed by atoms with Gasteiger partial charge in [-0.05, 0) is 27.7 Å². The van der Waals surface area contributed by atoms with Crippen molar-refractivity contribution in [3.8, 4) is 0 Å². The van der Waals surface area contributed by atoms with E-state index in [1.807, 2.05) is 32.4 Å². The molecular formula is C8H21NO3P+. The maximum Gasteiger partial charge on any atom is 0.501 e. The van der Waals surface area contributed by atoms with Gasteiger partial charge in [0.25, 0.3) is 0 Å². The third kappa shape index (κ3) is 3.15. The third-order valence-electron chi connectivity index (χ3n) is 1.83. The largest absolute Gasteiger partial charge is 0.501 e. The molecule has 0 aromatic carbocycles. The molecule has 0 saturated carbocycles. The molecule has 0 bridgehead atoms. The first-order chi connectivity index (χ1) is 5.89. The van der Waals surface area contributed by atoms with Crippen molar-refractivity contribution in [1.29, 1.82) is 0 Å². The van der Waals surface area contributed by atoms with E-state index in [0.717, 1.165) is 0 Å². The van der Waals surface area contributed by atoms with Crippen LogP contribution < -0.4 is 0 Å². The molecule has 1 N–H and O–H groups in total. The van der Waals surface area contributed by atoms with E-state index in [9.17, 15) is 4.89 Å². The lowest BCUT2D eigenvalue weighted by atomic mass is 10.3. The molecule has 0 aliphatic heterocycles. The van der Waals surface area contributed by atoms with E-state index in [4.69, 9.17) is 9.05 Å². The summed E-state index contributed by atoms with van der Waals surface area (Å²) >= 11 is 0. The number of hydrogen-bond acceptors (Lipinski definition) is 4. The van der Waals surface area contributed by atoms with Crippen LogP contribution in [0.25, 0.3) is 0 Å². The lowest BCUT2D eigenvalue weighted by Gasteiger charge is -2.31. The first-order valence-corrected chi connectivity index (χ1v) is 5.94. The summed E-state index contributed by atoms with van der Waals surface area (Å²) in [5.41, 5.74) is 0. The van der Waals surface area contributed by atoms with E-state index >= 15 is 0 Å². The highest BCUT2D eigenvalue weighted by molar-refractivity contribution is 7.58. The number of nitrogens with zero attached hydrogens (tertiary/aromatic N) is 1. The van der Waals surface area contributed by atoms with Crippen LogP contribution in [-0.4, -0.2) is 35.9 Å². The van der Waals surface area contributed by atoms with Crippen molar-refractivity contribution in [2.75, 3.05) is 14.2 Å². The summed E-state index contributed by atoms with van der Waals surface area (Å²) in [6.07, 6.45) is 0.